The first-order chi connectivity index (χ1) is 14.3. The van der Waals surface area contributed by atoms with Crippen LogP contribution in [0.5, 0.6) is 0 Å². The molecule has 1 aromatic carbocycles. The van der Waals surface area contributed by atoms with Crippen LogP contribution in [0.3, 0.4) is 0 Å². The first-order valence-electron chi connectivity index (χ1n) is 9.23. The summed E-state index contributed by atoms with van der Waals surface area (Å²) in [5.74, 6) is -3.25. The van der Waals surface area contributed by atoms with Gasteiger partial charge in [0, 0.05) is 37.8 Å². The normalized spacial score (nSPS) is 15.0. The van der Waals surface area contributed by atoms with E-state index < -0.39 is 36.0 Å². The molecule has 0 saturated carbocycles. The molecule has 1 aliphatic rings. The second kappa shape index (κ2) is 8.74. The highest BCUT2D eigenvalue weighted by atomic mass is 16.4. The Kier molecular flexibility index (Phi) is 6.11. The number of hydrogen-bond donors (Lipinski definition) is 4. The van der Waals surface area contributed by atoms with Crippen LogP contribution in [0.25, 0.3) is 10.9 Å². The third-order valence-electron chi connectivity index (χ3n) is 4.89. The fourth-order valence-corrected chi connectivity index (χ4v) is 3.24. The average molecular weight is 415 g/mol. The monoisotopic (exact) mass is 415 g/mol. The molecule has 30 heavy (non-hydrogen) atoms. The molecule has 1 atom stereocenters. The predicted octanol–water partition coefficient (Wildman–Crippen LogP) is -0.608. The van der Waals surface area contributed by atoms with Gasteiger partial charge in [-0.1, -0.05) is 12.1 Å². The maximum atomic E-state index is 12.8. The van der Waals surface area contributed by atoms with Gasteiger partial charge in [0.15, 0.2) is 0 Å². The molecule has 1 unspecified atom stereocenters. The van der Waals surface area contributed by atoms with Crippen molar-refractivity contribution in [3.8, 4) is 0 Å². The van der Waals surface area contributed by atoms with E-state index in [1.54, 1.807) is 18.2 Å². The first-order valence-corrected chi connectivity index (χ1v) is 9.23. The Labute approximate surface area is 170 Å². The van der Waals surface area contributed by atoms with Gasteiger partial charge in [-0.05, 0) is 6.07 Å². The van der Waals surface area contributed by atoms with Crippen molar-refractivity contribution in [1.29, 1.82) is 0 Å². The molecule has 1 saturated heterocycles. The van der Waals surface area contributed by atoms with Crippen molar-refractivity contribution in [3.63, 3.8) is 0 Å². The van der Waals surface area contributed by atoms with Crippen LogP contribution in [0.1, 0.15) is 16.8 Å². The molecule has 5 N–H and O–H groups in total. The number of piperazine rings is 1. The van der Waals surface area contributed by atoms with E-state index >= 15 is 0 Å². The Balaban J connectivity index is 1.78. The van der Waals surface area contributed by atoms with Gasteiger partial charge >= 0.3 is 5.97 Å². The van der Waals surface area contributed by atoms with Gasteiger partial charge in [0.1, 0.15) is 0 Å². The van der Waals surface area contributed by atoms with Crippen molar-refractivity contribution in [2.24, 2.45) is 5.73 Å². The molecule has 0 radical (unpaired) electrons. The van der Waals surface area contributed by atoms with E-state index in [1.165, 1.54) is 16.0 Å². The Hall–Kier alpha value is -3.73. The van der Waals surface area contributed by atoms with Gasteiger partial charge in [0.2, 0.25) is 12.3 Å². The number of anilines is 1. The number of carbonyl (C=O) groups excluding carboxylic acids is 4. The molecule has 0 spiro atoms. The highest BCUT2D eigenvalue weighted by Gasteiger charge is 2.28. The fraction of sp³-hybridized carbons (Fsp3) is 0.316. The number of aliphatic carboxylic acids is 1. The molecule has 2 aromatic rings. The number of para-hydroxylation sites is 1. The van der Waals surface area contributed by atoms with Crippen LogP contribution >= 0.6 is 0 Å². The number of aromatic amines is 1. The lowest BCUT2D eigenvalue weighted by Gasteiger charge is -2.32. The van der Waals surface area contributed by atoms with E-state index in [9.17, 15) is 24.0 Å². The summed E-state index contributed by atoms with van der Waals surface area (Å²) in [4.78, 5) is 64.8. The number of nitrogens with two attached hydrogens (primary N) is 1. The number of carbonyl (C=O) groups is 5. The minimum absolute atomic E-state index is 0.152. The van der Waals surface area contributed by atoms with Crippen LogP contribution in [0.15, 0.2) is 24.4 Å². The van der Waals surface area contributed by atoms with Crippen molar-refractivity contribution in [2.75, 3.05) is 31.5 Å². The summed E-state index contributed by atoms with van der Waals surface area (Å²) in [6.07, 6.45) is 1.57. The number of rotatable bonds is 7. The first kappa shape index (κ1) is 21.0. The Morgan fingerprint density at radius 1 is 1.20 bits per heavy atom. The zero-order valence-corrected chi connectivity index (χ0v) is 16.0. The minimum atomic E-state index is -1.24. The van der Waals surface area contributed by atoms with E-state index in [4.69, 9.17) is 10.8 Å². The molecular weight excluding hydrogens is 394 g/mol. The number of aromatic nitrogens is 1. The van der Waals surface area contributed by atoms with Gasteiger partial charge in [-0.25, -0.2) is 0 Å². The lowest BCUT2D eigenvalue weighted by molar-refractivity contribution is -0.138. The molecule has 1 aliphatic heterocycles. The molecule has 1 aromatic heterocycles. The van der Waals surface area contributed by atoms with Crippen LogP contribution in [0.2, 0.25) is 0 Å². The van der Waals surface area contributed by atoms with Gasteiger partial charge in [0.25, 0.3) is 11.7 Å². The SMILES string of the molecule is NC(CC(=O)O)C(=O)Nc1cccc2c(C(=O)C(=O)N3CCN(C=O)CC3)c[nH]c12. The predicted molar refractivity (Wildman–Crippen MR) is 106 cm³/mol. The van der Waals surface area contributed by atoms with E-state index in [-0.39, 0.29) is 18.7 Å². The maximum absolute atomic E-state index is 12.8. The van der Waals surface area contributed by atoms with Crippen LogP contribution < -0.4 is 11.1 Å². The molecular formula is C19H21N5O6. The number of H-pyrrole nitrogens is 1. The van der Waals surface area contributed by atoms with Crippen molar-refractivity contribution in [2.45, 2.75) is 12.5 Å². The van der Waals surface area contributed by atoms with E-state index in [0.29, 0.717) is 36.1 Å². The van der Waals surface area contributed by atoms with Crippen LogP contribution in [0, 0.1) is 0 Å². The zero-order chi connectivity index (χ0) is 21.8. The van der Waals surface area contributed by atoms with Gasteiger partial charge in [-0.15, -0.1) is 0 Å². The van der Waals surface area contributed by atoms with Gasteiger partial charge in [-0.3, -0.25) is 24.0 Å². The average Bonchev–Trinajstić information content (AvgIpc) is 3.17. The largest absolute Gasteiger partial charge is 0.481 e. The standard InChI is InChI=1S/C19H21N5O6/c20-13(8-15(26)27)18(29)22-14-3-1-2-11-12(9-21-16(11)14)17(28)19(30)24-6-4-23(10-25)5-7-24/h1-3,9-10,13,21H,4-8,20H2,(H,22,29)(H,26,27). The zero-order valence-electron chi connectivity index (χ0n) is 16.0. The number of carboxylic acids is 1. The highest BCUT2D eigenvalue weighted by Crippen LogP contribution is 2.26. The second-order valence-corrected chi connectivity index (χ2v) is 6.89. The molecule has 11 nitrogen and oxygen atoms in total. The molecule has 3 amide bonds. The number of nitrogens with one attached hydrogen (secondary N) is 2. The van der Waals surface area contributed by atoms with E-state index in [0.717, 1.165) is 0 Å². The van der Waals surface area contributed by atoms with Crippen LogP contribution in [-0.2, 0) is 19.2 Å². The topological polar surface area (TPSA) is 166 Å². The second-order valence-electron chi connectivity index (χ2n) is 6.89. The molecule has 11 heteroatoms. The molecule has 0 aliphatic carbocycles. The number of benzene rings is 1. The number of Topliss-reactive ketones (excluding diaryl/α,β-unsaturated/α-hetero) is 1. The fourth-order valence-electron chi connectivity index (χ4n) is 3.24. The van der Waals surface area contributed by atoms with Crippen molar-refractivity contribution < 1.29 is 29.1 Å². The Bertz CT molecular complexity index is 1010. The number of amides is 3. The van der Waals surface area contributed by atoms with Gasteiger partial charge in [0.05, 0.1) is 29.2 Å². The number of nitrogens with zero attached hydrogens (tertiary/aromatic N) is 2. The Morgan fingerprint density at radius 3 is 2.53 bits per heavy atom. The highest BCUT2D eigenvalue weighted by molar-refractivity contribution is 6.45. The smallest absolute Gasteiger partial charge is 0.305 e. The summed E-state index contributed by atoms with van der Waals surface area (Å²) < 4.78 is 0. The molecule has 158 valence electrons. The number of carboxylic acid groups (broad SMARTS) is 1. The summed E-state index contributed by atoms with van der Waals surface area (Å²) in [5.41, 5.74) is 6.45. The summed E-state index contributed by atoms with van der Waals surface area (Å²) in [5, 5.41) is 11.7. The summed E-state index contributed by atoms with van der Waals surface area (Å²) in [7, 11) is 0. The number of ketones is 1. The molecule has 0 bridgehead atoms. The van der Waals surface area contributed by atoms with Gasteiger partial charge < -0.3 is 30.9 Å². The van der Waals surface area contributed by atoms with Crippen LogP contribution in [-0.4, -0.2) is 82.1 Å². The molecule has 1 fully saturated rings. The van der Waals surface area contributed by atoms with E-state index in [1.807, 2.05) is 0 Å². The lowest BCUT2D eigenvalue weighted by atomic mass is 10.1. The van der Waals surface area contributed by atoms with Crippen LogP contribution in [0.4, 0.5) is 5.69 Å². The number of fused-ring (bicyclic) bond motifs is 1. The van der Waals surface area contributed by atoms with Crippen molar-refractivity contribution in [3.05, 3.63) is 30.0 Å². The van der Waals surface area contributed by atoms with Crippen molar-refractivity contribution in [1.82, 2.24) is 14.8 Å². The quantitative estimate of drug-likeness (QED) is 0.266. The van der Waals surface area contributed by atoms with Gasteiger partial charge in [-0.2, -0.15) is 0 Å². The summed E-state index contributed by atoms with van der Waals surface area (Å²) in [6, 6.07) is 3.56. The summed E-state index contributed by atoms with van der Waals surface area (Å²) >= 11 is 0. The molecule has 3 rings (SSSR count). The lowest BCUT2D eigenvalue weighted by Crippen LogP contribution is -2.50. The third kappa shape index (κ3) is 4.30. The minimum Gasteiger partial charge on any atom is -0.481 e. The Morgan fingerprint density at radius 2 is 1.90 bits per heavy atom. The van der Waals surface area contributed by atoms with E-state index in [2.05, 4.69) is 10.3 Å². The summed E-state index contributed by atoms with van der Waals surface area (Å²) in [6.45, 7) is 1.27. The third-order valence-corrected chi connectivity index (χ3v) is 4.89. The maximum Gasteiger partial charge on any atom is 0.305 e. The number of hydrogen-bond acceptors (Lipinski definition) is 6. The molecule has 2 heterocycles. The van der Waals surface area contributed by atoms with Crippen molar-refractivity contribution >= 4 is 46.6 Å².